The predicted octanol–water partition coefficient (Wildman–Crippen LogP) is 1.68. The molecule has 0 saturated heterocycles. The minimum Gasteiger partial charge on any atom is -0.515 e. The van der Waals surface area contributed by atoms with Gasteiger partial charge in [-0.25, -0.2) is 4.39 Å². The number of benzene rings is 1. The van der Waals surface area contributed by atoms with E-state index in [1.54, 1.807) is 6.07 Å². The molecule has 1 aliphatic heterocycles. The number of carbonyl (C=O) groups is 1. The molecule has 0 bridgehead atoms. The summed E-state index contributed by atoms with van der Waals surface area (Å²) in [5.74, 6) is -1.00. The molecule has 1 heterocycles. The molecule has 0 saturated carbocycles. The van der Waals surface area contributed by atoms with E-state index in [0.29, 0.717) is 11.9 Å². The minimum absolute atomic E-state index is 0.0342. The van der Waals surface area contributed by atoms with E-state index in [2.05, 4.69) is 5.32 Å². The van der Waals surface area contributed by atoms with Crippen molar-refractivity contribution in [2.24, 2.45) is 0 Å². The van der Waals surface area contributed by atoms with Crippen molar-refractivity contribution in [3.05, 3.63) is 35.8 Å². The average Bonchev–Trinajstić information content (AvgIpc) is 2.42. The Balaban J connectivity index is 2.70. The van der Waals surface area contributed by atoms with Gasteiger partial charge in [-0.15, -0.1) is 0 Å². The van der Waals surface area contributed by atoms with Crippen molar-refractivity contribution in [1.29, 1.82) is 0 Å². The van der Waals surface area contributed by atoms with Crippen molar-refractivity contribution in [3.63, 3.8) is 0 Å². The van der Waals surface area contributed by atoms with Gasteiger partial charge in [0, 0.05) is 5.56 Å². The number of aliphatic hydroxyl groups excluding tert-OH is 1. The van der Waals surface area contributed by atoms with Gasteiger partial charge < -0.3 is 10.4 Å². The van der Waals surface area contributed by atoms with Crippen LogP contribution in [0, 0.1) is 5.82 Å². The fourth-order valence-electron chi connectivity index (χ4n) is 1.33. The Morgan fingerprint density at radius 2 is 2.23 bits per heavy atom. The van der Waals surface area contributed by atoms with Gasteiger partial charge in [-0.2, -0.15) is 0 Å². The standard InChI is InChI=1S/C9H6FNO2/c10-6-2-1-3-7-8(6)5(4-12)9(13)11-7/h1-4,12H,(H,11,13). The molecule has 0 aromatic heterocycles. The number of nitrogens with one attached hydrogen (secondary N) is 1. The number of carbonyl (C=O) groups excluding carboxylic acids is 1. The van der Waals surface area contributed by atoms with E-state index in [-0.39, 0.29) is 11.1 Å². The molecule has 4 heteroatoms. The second-order valence-electron chi connectivity index (χ2n) is 2.66. The van der Waals surface area contributed by atoms with Gasteiger partial charge in [-0.05, 0) is 12.1 Å². The zero-order chi connectivity index (χ0) is 9.42. The summed E-state index contributed by atoms with van der Waals surface area (Å²) in [5.41, 5.74) is 0.494. The highest BCUT2D eigenvalue weighted by atomic mass is 19.1. The van der Waals surface area contributed by atoms with Crippen LogP contribution in [0.15, 0.2) is 24.5 Å². The second kappa shape index (κ2) is 2.58. The van der Waals surface area contributed by atoms with Crippen LogP contribution in [0.2, 0.25) is 0 Å². The summed E-state index contributed by atoms with van der Waals surface area (Å²) in [7, 11) is 0. The first kappa shape index (κ1) is 7.79. The predicted molar refractivity (Wildman–Crippen MR) is 45.6 cm³/mol. The molecule has 1 aromatic rings. The fourth-order valence-corrected chi connectivity index (χ4v) is 1.33. The highest BCUT2D eigenvalue weighted by Crippen LogP contribution is 2.32. The first-order valence-corrected chi connectivity index (χ1v) is 3.68. The lowest BCUT2D eigenvalue weighted by molar-refractivity contribution is -0.110. The summed E-state index contributed by atoms with van der Waals surface area (Å²) in [6.07, 6.45) is 0.615. The van der Waals surface area contributed by atoms with E-state index in [9.17, 15) is 9.18 Å². The zero-order valence-electron chi connectivity index (χ0n) is 6.54. The van der Waals surface area contributed by atoms with E-state index in [1.807, 2.05) is 0 Å². The number of halogens is 1. The number of aliphatic hydroxyl groups is 1. The van der Waals surface area contributed by atoms with Crippen LogP contribution in [0.4, 0.5) is 10.1 Å². The van der Waals surface area contributed by atoms with Gasteiger partial charge in [0.15, 0.2) is 0 Å². The number of rotatable bonds is 0. The maximum atomic E-state index is 13.2. The summed E-state index contributed by atoms with van der Waals surface area (Å²) in [6.45, 7) is 0. The number of anilines is 1. The number of hydrogen-bond donors (Lipinski definition) is 2. The first-order chi connectivity index (χ1) is 6.24. The van der Waals surface area contributed by atoms with Gasteiger partial charge in [-0.3, -0.25) is 4.79 Å². The molecule has 0 fully saturated rings. The van der Waals surface area contributed by atoms with E-state index >= 15 is 0 Å². The monoisotopic (exact) mass is 179 g/mol. The lowest BCUT2D eigenvalue weighted by atomic mass is 10.1. The molecule has 2 rings (SSSR count). The quantitative estimate of drug-likeness (QED) is 0.470. The van der Waals surface area contributed by atoms with E-state index in [1.165, 1.54) is 12.1 Å². The van der Waals surface area contributed by atoms with Crippen LogP contribution in [-0.4, -0.2) is 11.0 Å². The minimum atomic E-state index is -0.517. The van der Waals surface area contributed by atoms with Gasteiger partial charge in [0.05, 0.1) is 17.5 Å². The summed E-state index contributed by atoms with van der Waals surface area (Å²) >= 11 is 0. The van der Waals surface area contributed by atoms with Crippen molar-refractivity contribution in [1.82, 2.24) is 0 Å². The van der Waals surface area contributed by atoms with Crippen molar-refractivity contribution in [3.8, 4) is 0 Å². The molecule has 13 heavy (non-hydrogen) atoms. The Morgan fingerprint density at radius 3 is 2.92 bits per heavy atom. The third-order valence-electron chi connectivity index (χ3n) is 1.90. The number of fused-ring (bicyclic) bond motifs is 1. The first-order valence-electron chi connectivity index (χ1n) is 3.68. The summed E-state index contributed by atoms with van der Waals surface area (Å²) < 4.78 is 13.2. The van der Waals surface area contributed by atoms with Crippen LogP contribution in [0.25, 0.3) is 5.57 Å². The van der Waals surface area contributed by atoms with Gasteiger partial charge >= 0.3 is 0 Å². The highest BCUT2D eigenvalue weighted by Gasteiger charge is 2.27. The SMILES string of the molecule is O=C1Nc2cccc(F)c2C1=CO. The molecule has 66 valence electrons. The molecule has 0 atom stereocenters. The third-order valence-corrected chi connectivity index (χ3v) is 1.90. The Morgan fingerprint density at radius 1 is 1.46 bits per heavy atom. The van der Waals surface area contributed by atoms with Crippen LogP contribution in [0.3, 0.4) is 0 Å². The topological polar surface area (TPSA) is 49.3 Å². The summed E-state index contributed by atoms with van der Waals surface area (Å²) in [4.78, 5) is 11.1. The molecule has 1 aromatic carbocycles. The lowest BCUT2D eigenvalue weighted by Crippen LogP contribution is -2.03. The molecular formula is C9H6FNO2. The Bertz CT molecular complexity index is 412. The molecule has 0 aliphatic carbocycles. The maximum absolute atomic E-state index is 13.2. The van der Waals surface area contributed by atoms with Crippen LogP contribution in [0.5, 0.6) is 0 Å². The molecule has 0 radical (unpaired) electrons. The lowest BCUT2D eigenvalue weighted by Gasteiger charge is -1.97. The Hall–Kier alpha value is -1.84. The van der Waals surface area contributed by atoms with E-state index in [4.69, 9.17) is 5.11 Å². The van der Waals surface area contributed by atoms with Gasteiger partial charge in [0.1, 0.15) is 5.82 Å². The fraction of sp³-hybridized carbons (Fsp3) is 0. The molecule has 3 nitrogen and oxygen atoms in total. The Labute approximate surface area is 73.5 Å². The maximum Gasteiger partial charge on any atom is 0.259 e. The third kappa shape index (κ3) is 0.989. The van der Waals surface area contributed by atoms with E-state index < -0.39 is 11.7 Å². The highest BCUT2D eigenvalue weighted by molar-refractivity contribution is 6.31. The molecule has 2 N–H and O–H groups in total. The van der Waals surface area contributed by atoms with Crippen molar-refractivity contribution < 1.29 is 14.3 Å². The van der Waals surface area contributed by atoms with E-state index in [0.717, 1.165) is 0 Å². The van der Waals surface area contributed by atoms with Crippen LogP contribution < -0.4 is 5.32 Å². The Kier molecular flexibility index (Phi) is 1.55. The molecule has 1 aliphatic rings. The van der Waals surface area contributed by atoms with Gasteiger partial charge in [0.25, 0.3) is 5.91 Å². The van der Waals surface area contributed by atoms with Crippen LogP contribution >= 0.6 is 0 Å². The summed E-state index contributed by atoms with van der Waals surface area (Å²) in [5, 5.41) is 11.2. The number of hydrogen-bond acceptors (Lipinski definition) is 2. The van der Waals surface area contributed by atoms with Gasteiger partial charge in [0.2, 0.25) is 0 Å². The van der Waals surface area contributed by atoms with Crippen LogP contribution in [0.1, 0.15) is 5.56 Å². The summed E-state index contributed by atoms with van der Waals surface area (Å²) in [6, 6.07) is 4.31. The smallest absolute Gasteiger partial charge is 0.259 e. The molecule has 0 spiro atoms. The second-order valence-corrected chi connectivity index (χ2v) is 2.66. The van der Waals surface area contributed by atoms with Crippen LogP contribution in [-0.2, 0) is 4.79 Å². The average molecular weight is 179 g/mol. The normalized spacial score (nSPS) is 17.3. The largest absolute Gasteiger partial charge is 0.515 e. The van der Waals surface area contributed by atoms with Crippen molar-refractivity contribution in [2.75, 3.05) is 5.32 Å². The molecule has 0 unspecified atom stereocenters. The zero-order valence-corrected chi connectivity index (χ0v) is 6.54. The van der Waals surface area contributed by atoms with Crippen molar-refractivity contribution in [2.45, 2.75) is 0 Å². The molecule has 1 amide bonds. The molecular weight excluding hydrogens is 173 g/mol. The number of amides is 1. The van der Waals surface area contributed by atoms with Crippen molar-refractivity contribution >= 4 is 17.2 Å². The van der Waals surface area contributed by atoms with Gasteiger partial charge in [-0.1, -0.05) is 6.07 Å².